The van der Waals surface area contributed by atoms with Gasteiger partial charge in [-0.2, -0.15) is 0 Å². The van der Waals surface area contributed by atoms with E-state index < -0.39 is 23.4 Å². The van der Waals surface area contributed by atoms with Crippen molar-refractivity contribution in [2.75, 3.05) is 13.2 Å². The molecule has 1 amide bonds. The smallest absolute Gasteiger partial charge is 0.325 e. The summed E-state index contributed by atoms with van der Waals surface area (Å²) in [7, 11) is 0. The van der Waals surface area contributed by atoms with Crippen molar-refractivity contribution in [2.24, 2.45) is 5.41 Å². The number of aliphatic hydroxyl groups is 1. The lowest BCUT2D eigenvalue weighted by Gasteiger charge is -2.24. The van der Waals surface area contributed by atoms with E-state index in [0.717, 1.165) is 0 Å². The molecule has 0 bridgehead atoms. The number of amides is 1. The van der Waals surface area contributed by atoms with E-state index in [1.165, 1.54) is 0 Å². The summed E-state index contributed by atoms with van der Waals surface area (Å²) < 4.78 is 4.62. The SMILES string of the molecule is CCOC(=O)CNC(=O)C(O)C(C)(C)C. The second-order valence-electron chi connectivity index (χ2n) is 4.29. The number of carbonyl (C=O) groups is 2. The van der Waals surface area contributed by atoms with Gasteiger partial charge in [-0.1, -0.05) is 20.8 Å². The molecule has 0 radical (unpaired) electrons. The van der Waals surface area contributed by atoms with Gasteiger partial charge in [0.05, 0.1) is 6.61 Å². The molecule has 1 atom stereocenters. The molecule has 0 fully saturated rings. The third-order valence-corrected chi connectivity index (χ3v) is 1.78. The fourth-order valence-electron chi connectivity index (χ4n) is 0.861. The summed E-state index contributed by atoms with van der Waals surface area (Å²) in [4.78, 5) is 22.2. The third-order valence-electron chi connectivity index (χ3n) is 1.78. The number of hydrogen-bond donors (Lipinski definition) is 2. The summed E-state index contributed by atoms with van der Waals surface area (Å²) in [6.07, 6.45) is -1.13. The topological polar surface area (TPSA) is 75.6 Å². The van der Waals surface area contributed by atoms with E-state index in [9.17, 15) is 14.7 Å². The number of nitrogens with one attached hydrogen (secondary N) is 1. The van der Waals surface area contributed by atoms with Crippen LogP contribution in [0.1, 0.15) is 27.7 Å². The molecule has 0 heterocycles. The first-order valence-corrected chi connectivity index (χ1v) is 4.90. The number of ether oxygens (including phenoxy) is 1. The number of rotatable bonds is 4. The van der Waals surface area contributed by atoms with Gasteiger partial charge in [0.1, 0.15) is 12.6 Å². The minimum absolute atomic E-state index is 0.209. The Hall–Kier alpha value is -1.10. The molecule has 5 heteroatoms. The van der Waals surface area contributed by atoms with Gasteiger partial charge in [0, 0.05) is 0 Å². The number of esters is 1. The van der Waals surface area contributed by atoms with Gasteiger partial charge in [0.25, 0.3) is 0 Å². The number of carbonyl (C=O) groups excluding carboxylic acids is 2. The van der Waals surface area contributed by atoms with Crippen LogP contribution in [-0.2, 0) is 14.3 Å². The summed E-state index contributed by atoms with van der Waals surface area (Å²) in [6, 6.07) is 0. The maximum Gasteiger partial charge on any atom is 0.325 e. The highest BCUT2D eigenvalue weighted by Crippen LogP contribution is 2.18. The zero-order valence-corrected chi connectivity index (χ0v) is 9.66. The zero-order chi connectivity index (χ0) is 12.1. The van der Waals surface area contributed by atoms with Gasteiger partial charge in [-0.25, -0.2) is 0 Å². The summed E-state index contributed by atoms with van der Waals surface area (Å²) in [5.74, 6) is -1.07. The van der Waals surface area contributed by atoms with E-state index in [-0.39, 0.29) is 13.2 Å². The highest BCUT2D eigenvalue weighted by Gasteiger charge is 2.29. The standard InChI is InChI=1S/C10H19NO4/c1-5-15-7(12)6-11-9(14)8(13)10(2,3)4/h8,13H,5-6H2,1-4H3,(H,11,14). The van der Waals surface area contributed by atoms with Crippen LogP contribution in [0.2, 0.25) is 0 Å². The maximum atomic E-state index is 11.3. The van der Waals surface area contributed by atoms with Crippen LogP contribution in [-0.4, -0.2) is 36.2 Å². The van der Waals surface area contributed by atoms with Crippen molar-refractivity contribution in [3.8, 4) is 0 Å². The normalized spacial score (nSPS) is 13.1. The van der Waals surface area contributed by atoms with Crippen LogP contribution in [0.25, 0.3) is 0 Å². The molecule has 0 rings (SSSR count). The summed E-state index contributed by atoms with van der Waals surface area (Å²) >= 11 is 0. The van der Waals surface area contributed by atoms with E-state index >= 15 is 0 Å². The minimum atomic E-state index is -1.13. The molecule has 0 aliphatic heterocycles. The molecule has 15 heavy (non-hydrogen) atoms. The quantitative estimate of drug-likeness (QED) is 0.653. The Labute approximate surface area is 89.8 Å². The van der Waals surface area contributed by atoms with Crippen LogP contribution in [0, 0.1) is 5.41 Å². The predicted octanol–water partition coefficient (Wildman–Crippen LogP) is 0.0727. The summed E-state index contributed by atoms with van der Waals surface area (Å²) in [5.41, 5.74) is -0.543. The molecule has 5 nitrogen and oxygen atoms in total. The van der Waals surface area contributed by atoms with Crippen LogP contribution in [0.4, 0.5) is 0 Å². The molecule has 0 spiro atoms. The third kappa shape index (κ3) is 5.37. The first-order valence-electron chi connectivity index (χ1n) is 4.90. The van der Waals surface area contributed by atoms with Gasteiger partial charge in [-0.15, -0.1) is 0 Å². The molecule has 0 aromatic heterocycles. The molecule has 2 N–H and O–H groups in total. The Morgan fingerprint density at radius 3 is 2.33 bits per heavy atom. The molecular weight excluding hydrogens is 198 g/mol. The van der Waals surface area contributed by atoms with Crippen LogP contribution < -0.4 is 5.32 Å². The largest absolute Gasteiger partial charge is 0.465 e. The fraction of sp³-hybridized carbons (Fsp3) is 0.800. The van der Waals surface area contributed by atoms with Crippen molar-refractivity contribution in [1.82, 2.24) is 5.32 Å². The number of hydrogen-bond acceptors (Lipinski definition) is 4. The lowest BCUT2D eigenvalue weighted by atomic mass is 9.89. The molecule has 0 aromatic carbocycles. The highest BCUT2D eigenvalue weighted by atomic mass is 16.5. The van der Waals surface area contributed by atoms with Crippen molar-refractivity contribution < 1.29 is 19.4 Å². The van der Waals surface area contributed by atoms with E-state index in [0.29, 0.717) is 0 Å². The van der Waals surface area contributed by atoms with Crippen molar-refractivity contribution >= 4 is 11.9 Å². The molecule has 0 saturated heterocycles. The van der Waals surface area contributed by atoms with Gasteiger partial charge in [-0.05, 0) is 12.3 Å². The lowest BCUT2D eigenvalue weighted by Crippen LogP contribution is -2.44. The van der Waals surface area contributed by atoms with Gasteiger partial charge in [0.15, 0.2) is 0 Å². The Balaban J connectivity index is 4.00. The van der Waals surface area contributed by atoms with Gasteiger partial charge in [-0.3, -0.25) is 9.59 Å². The van der Waals surface area contributed by atoms with E-state index in [1.54, 1.807) is 27.7 Å². The van der Waals surface area contributed by atoms with Crippen LogP contribution in [0.5, 0.6) is 0 Å². The van der Waals surface area contributed by atoms with Crippen LogP contribution in [0.15, 0.2) is 0 Å². The van der Waals surface area contributed by atoms with Gasteiger partial charge in [0.2, 0.25) is 5.91 Å². The Bertz CT molecular complexity index is 232. The molecule has 0 aliphatic rings. The van der Waals surface area contributed by atoms with Crippen LogP contribution >= 0.6 is 0 Å². The molecule has 0 aliphatic carbocycles. The second-order valence-corrected chi connectivity index (χ2v) is 4.29. The Morgan fingerprint density at radius 1 is 1.40 bits per heavy atom. The van der Waals surface area contributed by atoms with Crippen molar-refractivity contribution in [3.05, 3.63) is 0 Å². The van der Waals surface area contributed by atoms with Crippen molar-refractivity contribution in [3.63, 3.8) is 0 Å². The van der Waals surface area contributed by atoms with Crippen LogP contribution in [0.3, 0.4) is 0 Å². The van der Waals surface area contributed by atoms with E-state index in [1.807, 2.05) is 0 Å². The molecule has 88 valence electrons. The average molecular weight is 217 g/mol. The second kappa shape index (κ2) is 5.70. The van der Waals surface area contributed by atoms with Gasteiger partial charge < -0.3 is 15.2 Å². The maximum absolute atomic E-state index is 11.3. The molecule has 1 unspecified atom stereocenters. The highest BCUT2D eigenvalue weighted by molar-refractivity contribution is 5.85. The molecule has 0 saturated carbocycles. The molecular formula is C10H19NO4. The van der Waals surface area contributed by atoms with Gasteiger partial charge >= 0.3 is 5.97 Å². The van der Waals surface area contributed by atoms with Crippen molar-refractivity contribution in [2.45, 2.75) is 33.8 Å². The van der Waals surface area contributed by atoms with E-state index in [2.05, 4.69) is 10.1 Å². The Kier molecular flexibility index (Phi) is 5.28. The minimum Gasteiger partial charge on any atom is -0.465 e. The number of aliphatic hydroxyl groups excluding tert-OH is 1. The van der Waals surface area contributed by atoms with E-state index in [4.69, 9.17) is 0 Å². The monoisotopic (exact) mass is 217 g/mol. The summed E-state index contributed by atoms with van der Waals surface area (Å²) in [6.45, 7) is 6.96. The first-order chi connectivity index (χ1) is 6.79. The summed E-state index contributed by atoms with van der Waals surface area (Å²) in [5, 5.41) is 11.8. The predicted molar refractivity (Wildman–Crippen MR) is 55.1 cm³/mol. The van der Waals surface area contributed by atoms with Crippen molar-refractivity contribution in [1.29, 1.82) is 0 Å². The zero-order valence-electron chi connectivity index (χ0n) is 9.66. The lowest BCUT2D eigenvalue weighted by molar-refractivity contribution is -0.145. The first kappa shape index (κ1) is 13.9. The Morgan fingerprint density at radius 2 is 1.93 bits per heavy atom. The molecule has 0 aromatic rings. The average Bonchev–Trinajstić information content (AvgIpc) is 2.12. The fourth-order valence-corrected chi connectivity index (χ4v) is 0.861.